The molecule has 2 aromatic carbocycles. The second-order valence-corrected chi connectivity index (χ2v) is 9.18. The Morgan fingerprint density at radius 2 is 1.97 bits per heavy atom. The fourth-order valence-corrected chi connectivity index (χ4v) is 3.89. The molecule has 0 saturated carbocycles. The fraction of sp³-hybridized carbons (Fsp3) is 0.320. The molecule has 1 unspecified atom stereocenters. The number of fused-ring (bicyclic) bond motifs is 1. The molecule has 0 fully saturated rings. The van der Waals surface area contributed by atoms with Crippen LogP contribution in [0, 0.1) is 5.92 Å². The van der Waals surface area contributed by atoms with Crippen molar-refractivity contribution in [2.45, 2.75) is 44.3 Å². The zero-order valence-electron chi connectivity index (χ0n) is 19.5. The number of benzene rings is 2. The molecule has 184 valence electrons. The van der Waals surface area contributed by atoms with Gasteiger partial charge in [-0.1, -0.05) is 55.8 Å². The maximum Gasteiger partial charge on any atom is 0.321 e. The Kier molecular flexibility index (Phi) is 7.07. The molecule has 4 rings (SSSR count). The van der Waals surface area contributed by atoms with Crippen LogP contribution in [0.15, 0.2) is 65.9 Å². The van der Waals surface area contributed by atoms with Crippen LogP contribution < -0.4 is 15.4 Å². The summed E-state index contributed by atoms with van der Waals surface area (Å²) in [6.07, 6.45) is 4.24. The van der Waals surface area contributed by atoms with Crippen molar-refractivity contribution in [1.29, 1.82) is 0 Å². The molecule has 0 bridgehead atoms. The van der Waals surface area contributed by atoms with Gasteiger partial charge in [0.25, 0.3) is 5.91 Å². The maximum atomic E-state index is 13.7. The number of rotatable bonds is 8. The number of hydrogen-bond donors (Lipinski definition) is 2. The lowest BCUT2D eigenvalue weighted by atomic mass is 9.92. The quantitative estimate of drug-likeness (QED) is 0.338. The highest BCUT2D eigenvalue weighted by atomic mass is 35.5. The zero-order chi connectivity index (χ0) is 25.2. The average Bonchev–Trinajstić information content (AvgIpc) is 3.24. The number of alkyl halides is 3. The third-order valence-corrected chi connectivity index (χ3v) is 5.84. The van der Waals surface area contributed by atoms with E-state index in [1.807, 2.05) is 56.3 Å². The smallest absolute Gasteiger partial charge is 0.321 e. The minimum absolute atomic E-state index is 0.188. The number of carbonyl (C=O) groups is 1. The van der Waals surface area contributed by atoms with Gasteiger partial charge in [-0.2, -0.15) is 13.9 Å². The van der Waals surface area contributed by atoms with E-state index in [1.54, 1.807) is 29.4 Å². The summed E-state index contributed by atoms with van der Waals surface area (Å²) in [4.78, 5) is 16.5. The summed E-state index contributed by atoms with van der Waals surface area (Å²) in [5.41, 5.74) is 1.17. The highest BCUT2D eigenvalue weighted by Gasteiger charge is 2.37. The van der Waals surface area contributed by atoms with Crippen LogP contribution in [0.1, 0.15) is 32.4 Å². The molecule has 2 heterocycles. The Morgan fingerprint density at radius 3 is 2.60 bits per heavy atom. The fourth-order valence-electron chi connectivity index (χ4n) is 3.77. The molecule has 0 spiro atoms. The largest absolute Gasteiger partial charge is 0.484 e. The Labute approximate surface area is 206 Å². The molecule has 0 radical (unpaired) electrons. The minimum Gasteiger partial charge on any atom is -0.484 e. The summed E-state index contributed by atoms with van der Waals surface area (Å²) in [7, 11) is 0. The number of aromatic nitrogens is 2. The van der Waals surface area contributed by atoms with Crippen LogP contribution >= 0.6 is 11.6 Å². The predicted octanol–water partition coefficient (Wildman–Crippen LogP) is 4.95. The van der Waals surface area contributed by atoms with E-state index in [4.69, 9.17) is 16.3 Å². The van der Waals surface area contributed by atoms with Crippen molar-refractivity contribution < 1.29 is 18.3 Å². The van der Waals surface area contributed by atoms with Crippen LogP contribution in [0.25, 0.3) is 16.7 Å². The summed E-state index contributed by atoms with van der Waals surface area (Å²) in [5.74, 6) is -3.94. The summed E-state index contributed by atoms with van der Waals surface area (Å²) < 4.78 is 35.4. The molecule has 0 aliphatic carbocycles. The van der Waals surface area contributed by atoms with Crippen molar-refractivity contribution in [3.63, 3.8) is 0 Å². The molecule has 35 heavy (non-hydrogen) atoms. The van der Waals surface area contributed by atoms with E-state index in [-0.39, 0.29) is 11.4 Å². The van der Waals surface area contributed by atoms with E-state index in [1.165, 1.54) is 0 Å². The van der Waals surface area contributed by atoms with Gasteiger partial charge in [0.1, 0.15) is 17.4 Å². The molecule has 3 aromatic rings. The van der Waals surface area contributed by atoms with Crippen molar-refractivity contribution in [1.82, 2.24) is 20.4 Å². The number of aliphatic imine (C=N–C) groups is 1. The lowest BCUT2D eigenvalue weighted by molar-refractivity contribution is -0.145. The van der Waals surface area contributed by atoms with Crippen LogP contribution in [0.2, 0.25) is 0 Å². The van der Waals surface area contributed by atoms with Crippen LogP contribution in [0.3, 0.4) is 0 Å². The SMILES string of the molecule is CC(C)[C@H](NC(=O)C(C)(F)F)[C@H](Oc1ccc2c(cnn2C2=CNC(Cl)C=N2)c1)c1ccccc1. The summed E-state index contributed by atoms with van der Waals surface area (Å²) in [6.45, 7) is 4.28. The van der Waals surface area contributed by atoms with Crippen LogP contribution in [0.4, 0.5) is 8.78 Å². The van der Waals surface area contributed by atoms with Crippen LogP contribution in [-0.2, 0) is 4.79 Å². The second-order valence-electron chi connectivity index (χ2n) is 8.71. The highest BCUT2D eigenvalue weighted by Crippen LogP contribution is 2.31. The third kappa shape index (κ3) is 5.62. The van der Waals surface area contributed by atoms with Gasteiger partial charge in [-0.05, 0) is 29.7 Å². The molecular weight excluding hydrogens is 476 g/mol. The predicted molar refractivity (Wildman–Crippen MR) is 132 cm³/mol. The Morgan fingerprint density at radius 1 is 1.23 bits per heavy atom. The van der Waals surface area contributed by atoms with Gasteiger partial charge in [-0.15, -0.1) is 0 Å². The molecule has 1 aliphatic heterocycles. The van der Waals surface area contributed by atoms with E-state index in [0.717, 1.165) is 16.5 Å². The summed E-state index contributed by atoms with van der Waals surface area (Å²) >= 11 is 5.97. The number of nitrogens with zero attached hydrogens (tertiary/aromatic N) is 3. The van der Waals surface area contributed by atoms with Crippen molar-refractivity contribution in [3.8, 4) is 5.75 Å². The standard InChI is InChI=1S/C25H26ClF2N5O2/c1-15(2)22(32-24(34)25(3,27)28)23(16-7-5-4-6-8-16)35-18-9-10-19-17(11-18)12-31-33(19)21-14-29-20(26)13-30-21/h4-15,20,22-23,29H,1-3H3,(H,32,34)/t20?,22-,23+/m0/s1. The first kappa shape index (κ1) is 24.7. The zero-order valence-corrected chi connectivity index (χ0v) is 20.2. The molecule has 3 atom stereocenters. The van der Waals surface area contributed by atoms with Gasteiger partial charge in [0.15, 0.2) is 5.82 Å². The first-order chi connectivity index (χ1) is 16.6. The molecule has 0 saturated heterocycles. The lowest BCUT2D eigenvalue weighted by Gasteiger charge is -2.32. The molecule has 7 nitrogen and oxygen atoms in total. The monoisotopic (exact) mass is 501 g/mol. The average molecular weight is 502 g/mol. The highest BCUT2D eigenvalue weighted by molar-refractivity contribution is 6.28. The number of carbonyl (C=O) groups excluding carboxylic acids is 1. The molecule has 1 amide bonds. The van der Waals surface area contributed by atoms with Gasteiger partial charge < -0.3 is 15.4 Å². The van der Waals surface area contributed by atoms with Gasteiger partial charge in [-0.25, -0.2) is 9.67 Å². The third-order valence-electron chi connectivity index (χ3n) is 5.60. The first-order valence-electron chi connectivity index (χ1n) is 11.2. The first-order valence-corrected chi connectivity index (χ1v) is 11.6. The lowest BCUT2D eigenvalue weighted by Crippen LogP contribution is -2.49. The Bertz CT molecular complexity index is 1250. The number of halogens is 3. The molecule has 10 heteroatoms. The van der Waals surface area contributed by atoms with Crippen LogP contribution in [-0.4, -0.2) is 39.4 Å². The van der Waals surface area contributed by atoms with E-state index in [9.17, 15) is 13.6 Å². The second kappa shape index (κ2) is 10.0. The minimum atomic E-state index is -3.50. The van der Waals surface area contributed by atoms with Gasteiger partial charge in [0, 0.05) is 24.7 Å². The van der Waals surface area contributed by atoms with Crippen molar-refractivity contribution in [3.05, 3.63) is 66.5 Å². The van der Waals surface area contributed by atoms with E-state index < -0.39 is 24.0 Å². The van der Waals surface area contributed by atoms with E-state index in [2.05, 4.69) is 20.7 Å². The van der Waals surface area contributed by atoms with Crippen LogP contribution in [0.5, 0.6) is 5.75 Å². The van der Waals surface area contributed by atoms with Crippen molar-refractivity contribution in [2.24, 2.45) is 10.9 Å². The summed E-state index contributed by atoms with van der Waals surface area (Å²) in [6, 6.07) is 13.9. The molecule has 2 N–H and O–H groups in total. The molecular formula is C25H26ClF2N5O2. The number of amides is 1. The molecule has 1 aromatic heterocycles. The van der Waals surface area contributed by atoms with E-state index >= 15 is 0 Å². The topological polar surface area (TPSA) is 80.5 Å². The van der Waals surface area contributed by atoms with Gasteiger partial charge in [0.05, 0.1) is 17.8 Å². The van der Waals surface area contributed by atoms with Crippen molar-refractivity contribution >= 4 is 40.4 Å². The van der Waals surface area contributed by atoms with Gasteiger partial charge in [-0.3, -0.25) is 4.79 Å². The maximum absolute atomic E-state index is 13.7. The Balaban J connectivity index is 1.66. The normalized spacial score (nSPS) is 17.6. The van der Waals surface area contributed by atoms with Gasteiger partial charge in [0.2, 0.25) is 0 Å². The number of ether oxygens (including phenoxy) is 1. The number of hydrogen-bond acceptors (Lipinski definition) is 5. The number of nitrogens with one attached hydrogen (secondary N) is 2. The Hall–Kier alpha value is -3.46. The summed E-state index contributed by atoms with van der Waals surface area (Å²) in [5, 5.41) is 10.7. The van der Waals surface area contributed by atoms with E-state index in [0.29, 0.717) is 18.5 Å². The van der Waals surface area contributed by atoms with Gasteiger partial charge >= 0.3 is 5.92 Å². The molecule has 1 aliphatic rings. The van der Waals surface area contributed by atoms with Crippen molar-refractivity contribution in [2.75, 3.05) is 0 Å².